The van der Waals surface area contributed by atoms with Crippen molar-refractivity contribution in [2.75, 3.05) is 18.5 Å². The van der Waals surface area contributed by atoms with Gasteiger partial charge >= 0.3 is 0 Å². The molecule has 0 saturated heterocycles. The first-order valence-corrected chi connectivity index (χ1v) is 7.06. The second kappa shape index (κ2) is 7.18. The average Bonchev–Trinajstić information content (AvgIpc) is 2.47. The zero-order chi connectivity index (χ0) is 15.2. The molecule has 0 bridgehead atoms. The molecule has 0 unspecified atom stereocenters. The lowest BCUT2D eigenvalue weighted by Gasteiger charge is -2.23. The summed E-state index contributed by atoms with van der Waals surface area (Å²) in [5.74, 6) is -0.557. The highest BCUT2D eigenvalue weighted by Gasteiger charge is 2.14. The van der Waals surface area contributed by atoms with Gasteiger partial charge in [-0.2, -0.15) is 0 Å². The lowest BCUT2D eigenvalue weighted by atomic mass is 10.1. The Kier molecular flexibility index (Phi) is 5.28. The van der Waals surface area contributed by atoms with Crippen LogP contribution >= 0.6 is 0 Å². The number of rotatable bonds is 6. The smallest absolute Gasteiger partial charge is 0.146 e. The van der Waals surface area contributed by atoms with Crippen LogP contribution in [-0.2, 0) is 13.1 Å². The van der Waals surface area contributed by atoms with Gasteiger partial charge in [-0.15, -0.1) is 0 Å². The highest BCUT2D eigenvalue weighted by Crippen LogP contribution is 2.25. The van der Waals surface area contributed by atoms with Gasteiger partial charge in [0.05, 0.1) is 5.69 Å². The van der Waals surface area contributed by atoms with E-state index in [1.165, 1.54) is 12.1 Å². The van der Waals surface area contributed by atoms with E-state index in [2.05, 4.69) is 5.32 Å². The maximum absolute atomic E-state index is 14.2. The van der Waals surface area contributed by atoms with Crippen LogP contribution in [0.1, 0.15) is 18.1 Å². The Morgan fingerprint density at radius 2 is 1.62 bits per heavy atom. The fourth-order valence-corrected chi connectivity index (χ4v) is 2.35. The molecule has 0 radical (unpaired) electrons. The quantitative estimate of drug-likeness (QED) is 0.872. The normalized spacial score (nSPS) is 10.7. The third-order valence-corrected chi connectivity index (χ3v) is 3.38. The highest BCUT2D eigenvalue weighted by atomic mass is 19.1. The zero-order valence-electron chi connectivity index (χ0n) is 12.4. The number of benzene rings is 2. The van der Waals surface area contributed by atoms with Crippen LogP contribution in [0.5, 0.6) is 0 Å². The summed E-state index contributed by atoms with van der Waals surface area (Å²) in [6.07, 6.45) is 0. The van der Waals surface area contributed by atoms with Crippen LogP contribution in [0.4, 0.5) is 14.5 Å². The molecule has 0 atom stereocenters. The summed E-state index contributed by atoms with van der Waals surface area (Å²) in [5.41, 5.74) is 1.94. The molecule has 1 N–H and O–H groups in total. The van der Waals surface area contributed by atoms with Crippen LogP contribution in [0, 0.1) is 11.6 Å². The summed E-state index contributed by atoms with van der Waals surface area (Å²) in [6.45, 7) is 3.73. The molecular weight excluding hydrogens is 270 g/mol. The summed E-state index contributed by atoms with van der Waals surface area (Å²) < 4.78 is 27.9. The first-order valence-electron chi connectivity index (χ1n) is 7.06. The van der Waals surface area contributed by atoms with Gasteiger partial charge < -0.3 is 10.2 Å². The van der Waals surface area contributed by atoms with Gasteiger partial charge in [-0.05, 0) is 24.2 Å². The first-order chi connectivity index (χ1) is 10.1. The van der Waals surface area contributed by atoms with Crippen molar-refractivity contribution >= 4 is 5.69 Å². The molecule has 2 aromatic rings. The molecule has 2 rings (SSSR count). The molecule has 0 heterocycles. The average molecular weight is 290 g/mol. The van der Waals surface area contributed by atoms with Crippen LogP contribution in [0.2, 0.25) is 0 Å². The maximum Gasteiger partial charge on any atom is 0.146 e. The Hall–Kier alpha value is -1.94. The van der Waals surface area contributed by atoms with E-state index in [1.54, 1.807) is 36.2 Å². The van der Waals surface area contributed by atoms with Crippen LogP contribution in [0.15, 0.2) is 42.5 Å². The molecule has 21 heavy (non-hydrogen) atoms. The summed E-state index contributed by atoms with van der Waals surface area (Å²) >= 11 is 0. The Labute approximate surface area is 124 Å². The van der Waals surface area contributed by atoms with Gasteiger partial charge in [0, 0.05) is 25.7 Å². The Morgan fingerprint density at radius 1 is 0.952 bits per heavy atom. The number of para-hydroxylation sites is 1. The lowest BCUT2D eigenvalue weighted by Crippen LogP contribution is -2.22. The molecular formula is C17H20F2N2. The van der Waals surface area contributed by atoms with Crippen LogP contribution < -0.4 is 10.2 Å². The van der Waals surface area contributed by atoms with Gasteiger partial charge in [0.2, 0.25) is 0 Å². The third kappa shape index (κ3) is 3.79. The monoisotopic (exact) mass is 290 g/mol. The van der Waals surface area contributed by atoms with Crippen LogP contribution in [0.3, 0.4) is 0 Å². The molecule has 0 saturated carbocycles. The zero-order valence-corrected chi connectivity index (χ0v) is 12.4. The number of hydrogen-bond donors (Lipinski definition) is 1. The maximum atomic E-state index is 14.2. The summed E-state index contributed by atoms with van der Waals surface area (Å²) in [5, 5.41) is 3.19. The van der Waals surface area contributed by atoms with E-state index in [0.717, 1.165) is 12.1 Å². The van der Waals surface area contributed by atoms with E-state index >= 15 is 0 Å². The highest BCUT2D eigenvalue weighted by molar-refractivity contribution is 5.54. The summed E-state index contributed by atoms with van der Waals surface area (Å²) in [4.78, 5) is 1.75. The van der Waals surface area contributed by atoms with Gasteiger partial charge in [0.1, 0.15) is 11.6 Å². The van der Waals surface area contributed by atoms with E-state index in [9.17, 15) is 8.78 Å². The topological polar surface area (TPSA) is 15.3 Å². The minimum absolute atomic E-state index is 0.270. The SMILES string of the molecule is CCNCc1cccc(F)c1N(C)Cc1ccccc1F. The Bertz CT molecular complexity index is 599. The van der Waals surface area contributed by atoms with E-state index < -0.39 is 0 Å². The fraction of sp³-hybridized carbons (Fsp3) is 0.294. The van der Waals surface area contributed by atoms with Crippen molar-refractivity contribution in [3.05, 3.63) is 65.2 Å². The van der Waals surface area contributed by atoms with E-state index in [1.807, 2.05) is 13.0 Å². The molecule has 2 aromatic carbocycles. The third-order valence-electron chi connectivity index (χ3n) is 3.38. The molecule has 0 aliphatic carbocycles. The first kappa shape index (κ1) is 15.4. The van der Waals surface area contributed by atoms with Gasteiger partial charge in [0.15, 0.2) is 0 Å². The van der Waals surface area contributed by atoms with Crippen LogP contribution in [0.25, 0.3) is 0 Å². The molecule has 112 valence electrons. The molecule has 0 aromatic heterocycles. The molecule has 2 nitrogen and oxygen atoms in total. The molecule has 0 aliphatic heterocycles. The van der Waals surface area contributed by atoms with Crippen molar-refractivity contribution < 1.29 is 8.78 Å². The Balaban J connectivity index is 2.26. The predicted octanol–water partition coefficient (Wildman–Crippen LogP) is 3.71. The van der Waals surface area contributed by atoms with Gasteiger partial charge in [0.25, 0.3) is 0 Å². The second-order valence-electron chi connectivity index (χ2n) is 4.98. The number of nitrogens with zero attached hydrogens (tertiary/aromatic N) is 1. The number of nitrogens with one attached hydrogen (secondary N) is 1. The van der Waals surface area contributed by atoms with Crippen molar-refractivity contribution in [1.82, 2.24) is 5.32 Å². The standard InChI is InChI=1S/C17H20F2N2/c1-3-20-11-13-8-6-10-16(19)17(13)21(2)12-14-7-4-5-9-15(14)18/h4-10,20H,3,11-12H2,1-2H3. The second-order valence-corrected chi connectivity index (χ2v) is 4.98. The molecule has 0 spiro atoms. The van der Waals surface area contributed by atoms with E-state index in [4.69, 9.17) is 0 Å². The van der Waals surface area contributed by atoms with E-state index in [0.29, 0.717) is 24.3 Å². The number of hydrogen-bond acceptors (Lipinski definition) is 2. The molecule has 0 fully saturated rings. The van der Waals surface area contributed by atoms with Crippen molar-refractivity contribution in [2.45, 2.75) is 20.0 Å². The molecule has 4 heteroatoms. The van der Waals surface area contributed by atoms with Gasteiger partial charge in [-0.25, -0.2) is 8.78 Å². The fourth-order valence-electron chi connectivity index (χ4n) is 2.35. The number of halogens is 2. The van der Waals surface area contributed by atoms with E-state index in [-0.39, 0.29) is 11.6 Å². The van der Waals surface area contributed by atoms with Crippen molar-refractivity contribution in [3.8, 4) is 0 Å². The summed E-state index contributed by atoms with van der Waals surface area (Å²) in [6, 6.07) is 11.6. The summed E-state index contributed by atoms with van der Waals surface area (Å²) in [7, 11) is 1.78. The molecule has 0 amide bonds. The number of anilines is 1. The Morgan fingerprint density at radius 3 is 2.33 bits per heavy atom. The van der Waals surface area contributed by atoms with Crippen LogP contribution in [-0.4, -0.2) is 13.6 Å². The lowest BCUT2D eigenvalue weighted by molar-refractivity contribution is 0.598. The molecule has 0 aliphatic rings. The van der Waals surface area contributed by atoms with Crippen molar-refractivity contribution in [3.63, 3.8) is 0 Å². The van der Waals surface area contributed by atoms with Gasteiger partial charge in [-0.3, -0.25) is 0 Å². The minimum Gasteiger partial charge on any atom is -0.368 e. The van der Waals surface area contributed by atoms with Crippen molar-refractivity contribution in [1.29, 1.82) is 0 Å². The minimum atomic E-state index is -0.288. The van der Waals surface area contributed by atoms with Gasteiger partial charge in [-0.1, -0.05) is 37.3 Å². The predicted molar refractivity (Wildman–Crippen MR) is 82.3 cm³/mol. The van der Waals surface area contributed by atoms with Crippen molar-refractivity contribution in [2.24, 2.45) is 0 Å². The largest absolute Gasteiger partial charge is 0.368 e.